The standard InChI is InChI=1S/C21H29N5OS/c27-20(25-12-6-1-2-7-13-25)18-10-14-24(15-11-18)16-26-21(28)22-19(23-26)17-8-4-3-5-9-17/h3-5,8-9,18H,1-2,6-7,10-16H2,(H,22,23,28). The van der Waals surface area contributed by atoms with Gasteiger partial charge in [0.15, 0.2) is 5.82 Å². The summed E-state index contributed by atoms with van der Waals surface area (Å²) in [6.45, 7) is 4.44. The van der Waals surface area contributed by atoms with Gasteiger partial charge in [-0.15, -0.1) is 0 Å². The number of hydrogen-bond acceptors (Lipinski definition) is 4. The van der Waals surface area contributed by atoms with Crippen molar-refractivity contribution in [2.75, 3.05) is 26.2 Å². The van der Waals surface area contributed by atoms with Gasteiger partial charge in [-0.05, 0) is 37.9 Å². The van der Waals surface area contributed by atoms with Gasteiger partial charge in [-0.2, -0.15) is 4.98 Å². The Morgan fingerprint density at radius 2 is 1.71 bits per heavy atom. The molecule has 150 valence electrons. The molecular weight excluding hydrogens is 370 g/mol. The number of carbonyl (C=O) groups is 1. The molecule has 2 fully saturated rings. The third kappa shape index (κ3) is 4.52. The van der Waals surface area contributed by atoms with E-state index in [1.807, 2.05) is 35.0 Å². The van der Waals surface area contributed by atoms with Crippen LogP contribution >= 0.6 is 12.2 Å². The highest BCUT2D eigenvalue weighted by Crippen LogP contribution is 2.22. The average molecular weight is 400 g/mol. The van der Waals surface area contributed by atoms with E-state index in [0.29, 0.717) is 17.3 Å². The normalized spacial score (nSPS) is 19.5. The van der Waals surface area contributed by atoms with Crippen molar-refractivity contribution in [1.82, 2.24) is 24.6 Å². The predicted octanol–water partition coefficient (Wildman–Crippen LogP) is 3.68. The molecule has 1 aromatic carbocycles. The minimum absolute atomic E-state index is 0.184. The molecule has 2 aromatic rings. The summed E-state index contributed by atoms with van der Waals surface area (Å²) < 4.78 is 2.50. The fourth-order valence-corrected chi connectivity index (χ4v) is 4.44. The first-order chi connectivity index (χ1) is 13.7. The van der Waals surface area contributed by atoms with Crippen LogP contribution in [0, 0.1) is 10.7 Å². The molecule has 28 heavy (non-hydrogen) atoms. The minimum atomic E-state index is 0.184. The van der Waals surface area contributed by atoms with Crippen molar-refractivity contribution >= 4 is 18.1 Å². The number of nitrogens with one attached hydrogen (secondary N) is 1. The molecule has 0 radical (unpaired) electrons. The zero-order chi connectivity index (χ0) is 19.3. The minimum Gasteiger partial charge on any atom is -0.342 e. The molecule has 1 N–H and O–H groups in total. The Morgan fingerprint density at radius 1 is 1.04 bits per heavy atom. The first-order valence-corrected chi connectivity index (χ1v) is 10.8. The van der Waals surface area contributed by atoms with Gasteiger partial charge in [0.25, 0.3) is 0 Å². The Labute approximate surface area is 171 Å². The topological polar surface area (TPSA) is 57.2 Å². The SMILES string of the molecule is O=C(C1CCN(Cn2[nH]c(-c3ccccc3)nc2=S)CC1)N1CCCCCC1. The maximum atomic E-state index is 12.9. The Balaban J connectivity index is 1.33. The molecule has 0 atom stereocenters. The van der Waals surface area contributed by atoms with Gasteiger partial charge in [0, 0.05) is 37.7 Å². The summed E-state index contributed by atoms with van der Waals surface area (Å²) in [6.07, 6.45) is 6.71. The second-order valence-corrected chi connectivity index (χ2v) is 8.29. The largest absolute Gasteiger partial charge is 0.342 e. The Kier molecular flexibility index (Phi) is 6.22. The van der Waals surface area contributed by atoms with Crippen LogP contribution in [0.3, 0.4) is 0 Å². The number of hydrogen-bond donors (Lipinski definition) is 1. The molecule has 4 rings (SSSR count). The number of nitrogens with zero attached hydrogens (tertiary/aromatic N) is 4. The molecule has 0 saturated carbocycles. The molecule has 3 heterocycles. The lowest BCUT2D eigenvalue weighted by Gasteiger charge is -2.33. The molecule has 2 aliphatic rings. The maximum absolute atomic E-state index is 12.9. The van der Waals surface area contributed by atoms with Gasteiger partial charge < -0.3 is 4.90 Å². The average Bonchev–Trinajstić information content (AvgIpc) is 2.93. The van der Waals surface area contributed by atoms with Crippen molar-refractivity contribution in [3.05, 3.63) is 35.1 Å². The lowest BCUT2D eigenvalue weighted by molar-refractivity contribution is -0.137. The zero-order valence-corrected chi connectivity index (χ0v) is 17.2. The molecule has 0 unspecified atom stereocenters. The fraction of sp³-hybridized carbons (Fsp3) is 0.571. The first-order valence-electron chi connectivity index (χ1n) is 10.4. The van der Waals surface area contributed by atoms with Crippen LogP contribution in [0.5, 0.6) is 0 Å². The van der Waals surface area contributed by atoms with Gasteiger partial charge in [0.2, 0.25) is 10.7 Å². The number of H-pyrrole nitrogens is 1. The molecule has 0 aliphatic carbocycles. The van der Waals surface area contributed by atoms with Crippen LogP contribution in [0.25, 0.3) is 11.4 Å². The molecular formula is C21H29N5OS. The highest BCUT2D eigenvalue weighted by molar-refractivity contribution is 7.71. The summed E-state index contributed by atoms with van der Waals surface area (Å²) in [5, 5.41) is 3.32. The van der Waals surface area contributed by atoms with Gasteiger partial charge in [-0.3, -0.25) is 14.8 Å². The van der Waals surface area contributed by atoms with Crippen LogP contribution in [0.15, 0.2) is 30.3 Å². The molecule has 1 aromatic heterocycles. The Bertz CT molecular complexity index is 830. The third-order valence-corrected chi connectivity index (χ3v) is 6.23. The maximum Gasteiger partial charge on any atom is 0.225 e. The van der Waals surface area contributed by atoms with Gasteiger partial charge in [-0.1, -0.05) is 43.2 Å². The number of rotatable bonds is 4. The van der Waals surface area contributed by atoms with Gasteiger partial charge in [0.1, 0.15) is 0 Å². The summed E-state index contributed by atoms with van der Waals surface area (Å²) in [6, 6.07) is 10.0. The van der Waals surface area contributed by atoms with E-state index in [1.165, 1.54) is 12.8 Å². The van der Waals surface area contributed by atoms with Crippen molar-refractivity contribution in [3.8, 4) is 11.4 Å². The van der Waals surface area contributed by atoms with Crippen LogP contribution in [-0.2, 0) is 11.5 Å². The monoisotopic (exact) mass is 399 g/mol. The van der Waals surface area contributed by atoms with Gasteiger partial charge in [-0.25, -0.2) is 4.68 Å². The van der Waals surface area contributed by atoms with Crippen LogP contribution < -0.4 is 0 Å². The van der Waals surface area contributed by atoms with E-state index in [0.717, 1.165) is 63.3 Å². The van der Waals surface area contributed by atoms with E-state index < -0.39 is 0 Å². The Morgan fingerprint density at radius 3 is 2.39 bits per heavy atom. The van der Waals surface area contributed by atoms with Crippen LogP contribution in [-0.4, -0.2) is 56.7 Å². The van der Waals surface area contributed by atoms with Crippen LogP contribution in [0.2, 0.25) is 0 Å². The van der Waals surface area contributed by atoms with Crippen molar-refractivity contribution in [2.45, 2.75) is 45.2 Å². The van der Waals surface area contributed by atoms with E-state index in [4.69, 9.17) is 12.2 Å². The number of benzene rings is 1. The summed E-state index contributed by atoms with van der Waals surface area (Å²) in [7, 11) is 0. The summed E-state index contributed by atoms with van der Waals surface area (Å²) in [4.78, 5) is 21.8. The molecule has 0 bridgehead atoms. The van der Waals surface area contributed by atoms with Crippen molar-refractivity contribution < 1.29 is 4.79 Å². The zero-order valence-electron chi connectivity index (χ0n) is 16.3. The van der Waals surface area contributed by atoms with E-state index in [-0.39, 0.29) is 5.92 Å². The summed E-state index contributed by atoms with van der Waals surface area (Å²) in [5.41, 5.74) is 1.04. The second kappa shape index (κ2) is 9.01. The molecule has 2 aliphatic heterocycles. The molecule has 0 spiro atoms. The Hall–Kier alpha value is -1.99. The molecule has 1 amide bonds. The van der Waals surface area contributed by atoms with Crippen molar-refractivity contribution in [1.29, 1.82) is 0 Å². The number of amides is 1. The summed E-state index contributed by atoms with van der Waals surface area (Å²) >= 11 is 5.44. The van der Waals surface area contributed by atoms with E-state index in [1.54, 1.807) is 0 Å². The number of aromatic nitrogens is 3. The van der Waals surface area contributed by atoms with Crippen LogP contribution in [0.1, 0.15) is 38.5 Å². The number of carbonyl (C=O) groups excluding carboxylic acids is 1. The first kappa shape index (κ1) is 19.3. The van der Waals surface area contributed by atoms with Gasteiger partial charge in [0.05, 0.1) is 6.67 Å². The van der Waals surface area contributed by atoms with Crippen molar-refractivity contribution in [2.24, 2.45) is 5.92 Å². The molecule has 2 saturated heterocycles. The quantitative estimate of drug-likeness (QED) is 0.797. The molecule has 6 nitrogen and oxygen atoms in total. The highest BCUT2D eigenvalue weighted by Gasteiger charge is 2.29. The number of likely N-dealkylation sites (tertiary alicyclic amines) is 2. The highest BCUT2D eigenvalue weighted by atomic mass is 32.1. The number of piperidine rings is 1. The summed E-state index contributed by atoms with van der Waals surface area (Å²) in [5.74, 6) is 1.37. The van der Waals surface area contributed by atoms with E-state index in [9.17, 15) is 4.79 Å². The van der Waals surface area contributed by atoms with E-state index >= 15 is 0 Å². The predicted molar refractivity (Wildman–Crippen MR) is 112 cm³/mol. The second-order valence-electron chi connectivity index (χ2n) is 7.92. The van der Waals surface area contributed by atoms with Gasteiger partial charge >= 0.3 is 0 Å². The van der Waals surface area contributed by atoms with Crippen molar-refractivity contribution in [3.63, 3.8) is 0 Å². The number of aromatic amines is 1. The van der Waals surface area contributed by atoms with E-state index in [2.05, 4.69) is 19.9 Å². The van der Waals surface area contributed by atoms with Crippen LogP contribution in [0.4, 0.5) is 0 Å². The fourth-order valence-electron chi connectivity index (χ4n) is 4.25. The molecule has 7 heteroatoms. The third-order valence-electron chi connectivity index (χ3n) is 5.92. The smallest absolute Gasteiger partial charge is 0.225 e. The lowest BCUT2D eigenvalue weighted by Crippen LogP contribution is -2.43. The lowest BCUT2D eigenvalue weighted by atomic mass is 9.95.